The van der Waals surface area contributed by atoms with Crippen LogP contribution in [0.2, 0.25) is 0 Å². The highest BCUT2D eigenvalue weighted by Gasteiger charge is 2.14. The fourth-order valence-electron chi connectivity index (χ4n) is 2.81. The van der Waals surface area contributed by atoms with E-state index in [9.17, 15) is 9.59 Å². The van der Waals surface area contributed by atoms with Crippen molar-refractivity contribution in [1.29, 1.82) is 0 Å². The maximum atomic E-state index is 12.0. The van der Waals surface area contributed by atoms with Crippen LogP contribution in [0.1, 0.15) is 16.7 Å². The van der Waals surface area contributed by atoms with Crippen molar-refractivity contribution < 1.29 is 23.8 Å². The van der Waals surface area contributed by atoms with E-state index in [4.69, 9.17) is 14.2 Å². The standard InChI is InChI=1S/C20H21NO5/c1-13-7-14(2)9-16(8-13)21-19(22)12-26-20(23)11-15-3-4-17-18(10-15)25-6-5-24-17/h3-4,7-10H,5-6,11-12H2,1-2H3,(H,21,22). The van der Waals surface area contributed by atoms with Gasteiger partial charge >= 0.3 is 5.97 Å². The van der Waals surface area contributed by atoms with Gasteiger partial charge in [0.1, 0.15) is 13.2 Å². The molecule has 1 aliphatic heterocycles. The van der Waals surface area contributed by atoms with E-state index in [1.807, 2.05) is 32.0 Å². The maximum Gasteiger partial charge on any atom is 0.310 e. The zero-order valence-electron chi connectivity index (χ0n) is 14.8. The Morgan fingerprint density at radius 3 is 2.42 bits per heavy atom. The summed E-state index contributed by atoms with van der Waals surface area (Å²) in [6.07, 6.45) is 0.0630. The molecule has 3 rings (SSSR count). The van der Waals surface area contributed by atoms with E-state index >= 15 is 0 Å². The van der Waals surface area contributed by atoms with Gasteiger partial charge in [-0.2, -0.15) is 0 Å². The lowest BCUT2D eigenvalue weighted by Gasteiger charge is -2.18. The number of esters is 1. The molecule has 26 heavy (non-hydrogen) atoms. The van der Waals surface area contributed by atoms with Gasteiger partial charge in [-0.1, -0.05) is 12.1 Å². The predicted molar refractivity (Wildman–Crippen MR) is 96.6 cm³/mol. The van der Waals surface area contributed by atoms with Crippen molar-refractivity contribution in [3.8, 4) is 11.5 Å². The van der Waals surface area contributed by atoms with Crippen LogP contribution in [-0.4, -0.2) is 31.7 Å². The van der Waals surface area contributed by atoms with Crippen LogP contribution in [0.15, 0.2) is 36.4 Å². The van der Waals surface area contributed by atoms with E-state index in [0.29, 0.717) is 30.4 Å². The summed E-state index contributed by atoms with van der Waals surface area (Å²) in [5.41, 5.74) is 3.54. The summed E-state index contributed by atoms with van der Waals surface area (Å²) in [6, 6.07) is 11.0. The number of anilines is 1. The smallest absolute Gasteiger partial charge is 0.310 e. The largest absolute Gasteiger partial charge is 0.486 e. The molecule has 0 aliphatic carbocycles. The summed E-state index contributed by atoms with van der Waals surface area (Å²) in [4.78, 5) is 23.9. The van der Waals surface area contributed by atoms with E-state index in [1.54, 1.807) is 18.2 Å². The maximum absolute atomic E-state index is 12.0. The van der Waals surface area contributed by atoms with Crippen LogP contribution in [0.3, 0.4) is 0 Å². The highest BCUT2D eigenvalue weighted by Crippen LogP contribution is 2.30. The van der Waals surface area contributed by atoms with Crippen LogP contribution in [0, 0.1) is 13.8 Å². The molecule has 6 heteroatoms. The normalized spacial score (nSPS) is 12.4. The molecule has 136 valence electrons. The molecular weight excluding hydrogens is 334 g/mol. The van der Waals surface area contributed by atoms with Gasteiger partial charge in [0, 0.05) is 5.69 Å². The molecule has 1 amide bonds. The summed E-state index contributed by atoms with van der Waals surface area (Å²) in [6.45, 7) is 4.59. The van der Waals surface area contributed by atoms with Crippen molar-refractivity contribution in [3.05, 3.63) is 53.1 Å². The molecule has 6 nitrogen and oxygen atoms in total. The van der Waals surface area contributed by atoms with Gasteiger partial charge in [-0.05, 0) is 54.8 Å². The minimum atomic E-state index is -0.475. The second kappa shape index (κ2) is 7.91. The third-order valence-corrected chi connectivity index (χ3v) is 3.82. The molecule has 1 aliphatic rings. The van der Waals surface area contributed by atoms with Crippen molar-refractivity contribution in [2.24, 2.45) is 0 Å². The summed E-state index contributed by atoms with van der Waals surface area (Å²) in [7, 11) is 0. The molecule has 0 unspecified atom stereocenters. The average molecular weight is 355 g/mol. The number of carbonyl (C=O) groups is 2. The van der Waals surface area contributed by atoms with Gasteiger partial charge in [-0.25, -0.2) is 0 Å². The third kappa shape index (κ3) is 4.75. The van der Waals surface area contributed by atoms with Crippen molar-refractivity contribution in [2.75, 3.05) is 25.1 Å². The van der Waals surface area contributed by atoms with Gasteiger partial charge in [0.15, 0.2) is 18.1 Å². The number of aryl methyl sites for hydroxylation is 2. The fourth-order valence-corrected chi connectivity index (χ4v) is 2.81. The summed E-state index contributed by atoms with van der Waals surface area (Å²) in [5.74, 6) is 0.443. The Hall–Kier alpha value is -3.02. The Morgan fingerprint density at radius 1 is 1.00 bits per heavy atom. The van der Waals surface area contributed by atoms with E-state index < -0.39 is 5.97 Å². The highest BCUT2D eigenvalue weighted by molar-refractivity contribution is 5.93. The first-order valence-corrected chi connectivity index (χ1v) is 8.42. The second-order valence-corrected chi connectivity index (χ2v) is 6.24. The lowest BCUT2D eigenvalue weighted by molar-refractivity contribution is -0.146. The van der Waals surface area contributed by atoms with E-state index in [1.165, 1.54) is 0 Å². The molecule has 0 aromatic heterocycles. The van der Waals surface area contributed by atoms with Crippen LogP contribution in [-0.2, 0) is 20.7 Å². The van der Waals surface area contributed by atoms with E-state index in [-0.39, 0.29) is 18.9 Å². The summed E-state index contributed by atoms with van der Waals surface area (Å²) in [5, 5.41) is 2.73. The molecule has 1 heterocycles. The first-order chi connectivity index (χ1) is 12.5. The predicted octanol–water partition coefficient (Wildman–Crippen LogP) is 2.80. The fraction of sp³-hybridized carbons (Fsp3) is 0.300. The third-order valence-electron chi connectivity index (χ3n) is 3.82. The highest BCUT2D eigenvalue weighted by atomic mass is 16.6. The Kier molecular flexibility index (Phi) is 5.41. The molecule has 0 saturated carbocycles. The molecule has 0 fully saturated rings. The quantitative estimate of drug-likeness (QED) is 0.835. The Labute approximate surface area is 152 Å². The van der Waals surface area contributed by atoms with Gasteiger partial charge in [-0.3, -0.25) is 9.59 Å². The van der Waals surface area contributed by atoms with Gasteiger partial charge in [0.25, 0.3) is 5.91 Å². The Balaban J connectivity index is 1.50. The molecule has 0 spiro atoms. The van der Waals surface area contributed by atoms with Gasteiger partial charge in [0.2, 0.25) is 0 Å². The number of hydrogen-bond donors (Lipinski definition) is 1. The molecule has 0 radical (unpaired) electrons. The first kappa shape index (κ1) is 17.8. The van der Waals surface area contributed by atoms with Crippen molar-refractivity contribution in [1.82, 2.24) is 0 Å². The molecule has 0 atom stereocenters. The minimum Gasteiger partial charge on any atom is -0.486 e. The van der Waals surface area contributed by atoms with Crippen molar-refractivity contribution in [3.63, 3.8) is 0 Å². The van der Waals surface area contributed by atoms with Crippen molar-refractivity contribution in [2.45, 2.75) is 20.3 Å². The zero-order chi connectivity index (χ0) is 18.5. The van der Waals surface area contributed by atoms with Crippen LogP contribution in [0.25, 0.3) is 0 Å². The van der Waals surface area contributed by atoms with Crippen LogP contribution < -0.4 is 14.8 Å². The summed E-state index contributed by atoms with van der Waals surface area (Å²) < 4.78 is 16.0. The molecule has 0 saturated heterocycles. The summed E-state index contributed by atoms with van der Waals surface area (Å²) >= 11 is 0. The lowest BCUT2D eigenvalue weighted by atomic mass is 10.1. The second-order valence-electron chi connectivity index (χ2n) is 6.24. The average Bonchev–Trinajstić information content (AvgIpc) is 2.59. The first-order valence-electron chi connectivity index (χ1n) is 8.42. The number of ether oxygens (including phenoxy) is 3. The zero-order valence-corrected chi connectivity index (χ0v) is 14.8. The molecule has 0 bridgehead atoms. The number of rotatable bonds is 5. The molecule has 1 N–H and O–H groups in total. The van der Waals surface area contributed by atoms with Gasteiger partial charge in [-0.15, -0.1) is 0 Å². The Bertz CT molecular complexity index is 811. The number of hydrogen-bond acceptors (Lipinski definition) is 5. The number of amides is 1. The number of fused-ring (bicyclic) bond motifs is 1. The van der Waals surface area contributed by atoms with Crippen LogP contribution >= 0.6 is 0 Å². The SMILES string of the molecule is Cc1cc(C)cc(NC(=O)COC(=O)Cc2ccc3c(c2)OCCO3)c1. The van der Waals surface area contributed by atoms with E-state index in [0.717, 1.165) is 16.7 Å². The number of carbonyl (C=O) groups excluding carboxylic acids is 2. The lowest BCUT2D eigenvalue weighted by Crippen LogP contribution is -2.22. The molecular formula is C20H21NO5. The molecule has 2 aromatic rings. The Morgan fingerprint density at radius 2 is 1.69 bits per heavy atom. The van der Waals surface area contributed by atoms with Crippen LogP contribution in [0.5, 0.6) is 11.5 Å². The van der Waals surface area contributed by atoms with Crippen molar-refractivity contribution >= 4 is 17.6 Å². The minimum absolute atomic E-state index is 0.0630. The van der Waals surface area contributed by atoms with Gasteiger partial charge < -0.3 is 19.5 Å². The monoisotopic (exact) mass is 355 g/mol. The number of benzene rings is 2. The molecule has 2 aromatic carbocycles. The van der Waals surface area contributed by atoms with E-state index in [2.05, 4.69) is 5.32 Å². The van der Waals surface area contributed by atoms with Crippen LogP contribution in [0.4, 0.5) is 5.69 Å². The topological polar surface area (TPSA) is 73.9 Å². The number of nitrogens with one attached hydrogen (secondary N) is 1. The van der Waals surface area contributed by atoms with Gasteiger partial charge in [0.05, 0.1) is 6.42 Å².